The largest absolute Gasteiger partial charge is 0.381 e. The van der Waals surface area contributed by atoms with Crippen molar-refractivity contribution in [1.82, 2.24) is 4.90 Å². The molecule has 2 N–H and O–H groups in total. The SMILES string of the molecule is NS(=O)(=O)C1CC(=O)N(CC2CCOC2)C1. The molecule has 2 unspecified atom stereocenters. The lowest BCUT2D eigenvalue weighted by Gasteiger charge is -2.19. The summed E-state index contributed by atoms with van der Waals surface area (Å²) < 4.78 is 27.5. The molecule has 16 heavy (non-hydrogen) atoms. The molecule has 0 spiro atoms. The fourth-order valence-corrected chi connectivity index (χ4v) is 2.93. The van der Waals surface area contributed by atoms with Crippen LogP contribution >= 0.6 is 0 Å². The van der Waals surface area contributed by atoms with Gasteiger partial charge in [-0.2, -0.15) is 0 Å². The second kappa shape index (κ2) is 4.31. The molecule has 92 valence electrons. The van der Waals surface area contributed by atoms with Gasteiger partial charge in [-0.05, 0) is 6.42 Å². The molecule has 0 bridgehead atoms. The Morgan fingerprint density at radius 3 is 2.75 bits per heavy atom. The van der Waals surface area contributed by atoms with Crippen molar-refractivity contribution >= 4 is 15.9 Å². The van der Waals surface area contributed by atoms with E-state index >= 15 is 0 Å². The van der Waals surface area contributed by atoms with Crippen molar-refractivity contribution in [2.45, 2.75) is 18.1 Å². The van der Waals surface area contributed by atoms with Crippen LogP contribution < -0.4 is 5.14 Å². The highest BCUT2D eigenvalue weighted by molar-refractivity contribution is 7.89. The lowest BCUT2D eigenvalue weighted by atomic mass is 10.1. The molecule has 0 aromatic heterocycles. The molecular formula is C9H16N2O4S. The first kappa shape index (κ1) is 11.8. The highest BCUT2D eigenvalue weighted by Crippen LogP contribution is 2.21. The lowest BCUT2D eigenvalue weighted by molar-refractivity contribution is -0.128. The van der Waals surface area contributed by atoms with Crippen LogP contribution in [0.2, 0.25) is 0 Å². The number of primary sulfonamides is 1. The first-order chi connectivity index (χ1) is 7.47. The Balaban J connectivity index is 1.94. The Kier molecular flexibility index (Phi) is 3.18. The average Bonchev–Trinajstić information content (AvgIpc) is 2.76. The van der Waals surface area contributed by atoms with Crippen LogP contribution in [0.25, 0.3) is 0 Å². The lowest BCUT2D eigenvalue weighted by Crippen LogP contribution is -2.34. The number of rotatable bonds is 3. The van der Waals surface area contributed by atoms with Crippen LogP contribution in [0.1, 0.15) is 12.8 Å². The monoisotopic (exact) mass is 248 g/mol. The van der Waals surface area contributed by atoms with E-state index in [0.717, 1.165) is 13.0 Å². The Morgan fingerprint density at radius 2 is 2.25 bits per heavy atom. The molecule has 0 aromatic carbocycles. The number of hydrogen-bond acceptors (Lipinski definition) is 4. The second-order valence-corrected chi connectivity index (χ2v) is 6.29. The maximum atomic E-state index is 11.6. The van der Waals surface area contributed by atoms with E-state index in [2.05, 4.69) is 0 Å². The predicted octanol–water partition coefficient (Wildman–Crippen LogP) is -1.09. The smallest absolute Gasteiger partial charge is 0.224 e. The average molecular weight is 248 g/mol. The Bertz CT molecular complexity index is 375. The summed E-state index contributed by atoms with van der Waals surface area (Å²) >= 11 is 0. The summed E-state index contributed by atoms with van der Waals surface area (Å²) in [6.45, 7) is 2.20. The highest BCUT2D eigenvalue weighted by Gasteiger charge is 2.37. The molecule has 6 nitrogen and oxygen atoms in total. The summed E-state index contributed by atoms with van der Waals surface area (Å²) in [5, 5.41) is 4.31. The van der Waals surface area contributed by atoms with Gasteiger partial charge in [0.05, 0.1) is 6.61 Å². The normalized spacial score (nSPS) is 31.3. The van der Waals surface area contributed by atoms with Crippen molar-refractivity contribution in [2.24, 2.45) is 11.1 Å². The van der Waals surface area contributed by atoms with Gasteiger partial charge < -0.3 is 9.64 Å². The van der Waals surface area contributed by atoms with Gasteiger partial charge in [-0.1, -0.05) is 0 Å². The molecule has 1 amide bonds. The van der Waals surface area contributed by atoms with E-state index in [-0.39, 0.29) is 18.9 Å². The van der Waals surface area contributed by atoms with Crippen LogP contribution in [-0.4, -0.2) is 50.8 Å². The van der Waals surface area contributed by atoms with Crippen LogP contribution in [0.5, 0.6) is 0 Å². The third-order valence-electron chi connectivity index (χ3n) is 3.15. The number of amides is 1. The molecule has 2 rings (SSSR count). The Morgan fingerprint density at radius 1 is 1.50 bits per heavy atom. The van der Waals surface area contributed by atoms with Crippen LogP contribution in [0.4, 0.5) is 0 Å². The molecule has 2 aliphatic rings. The van der Waals surface area contributed by atoms with Crippen molar-refractivity contribution in [3.8, 4) is 0 Å². The minimum Gasteiger partial charge on any atom is -0.381 e. The zero-order chi connectivity index (χ0) is 11.8. The molecule has 2 heterocycles. The summed E-state index contributed by atoms with van der Waals surface area (Å²) in [5.41, 5.74) is 0. The maximum Gasteiger partial charge on any atom is 0.224 e. The maximum absolute atomic E-state index is 11.6. The van der Waals surface area contributed by atoms with Gasteiger partial charge in [0.2, 0.25) is 15.9 Å². The highest BCUT2D eigenvalue weighted by atomic mass is 32.2. The van der Waals surface area contributed by atoms with Crippen molar-refractivity contribution in [1.29, 1.82) is 0 Å². The topological polar surface area (TPSA) is 89.7 Å². The van der Waals surface area contributed by atoms with Crippen LogP contribution in [0, 0.1) is 5.92 Å². The molecule has 2 saturated heterocycles. The van der Waals surface area contributed by atoms with E-state index < -0.39 is 15.3 Å². The quantitative estimate of drug-likeness (QED) is 0.687. The number of nitrogens with zero attached hydrogens (tertiary/aromatic N) is 1. The zero-order valence-electron chi connectivity index (χ0n) is 8.96. The molecule has 7 heteroatoms. The van der Waals surface area contributed by atoms with E-state index in [1.807, 2.05) is 0 Å². The minimum absolute atomic E-state index is 0.0202. The van der Waals surface area contributed by atoms with Crippen molar-refractivity contribution in [3.05, 3.63) is 0 Å². The molecule has 0 aliphatic carbocycles. The summed E-state index contributed by atoms with van der Waals surface area (Å²) in [6, 6.07) is 0. The first-order valence-corrected chi connectivity index (χ1v) is 6.95. The van der Waals surface area contributed by atoms with Gasteiger partial charge >= 0.3 is 0 Å². The molecule has 0 radical (unpaired) electrons. The summed E-state index contributed by atoms with van der Waals surface area (Å²) in [5.74, 6) is 0.217. The van der Waals surface area contributed by atoms with Gasteiger partial charge in [0, 0.05) is 32.0 Å². The standard InChI is InChI=1S/C9H16N2O4S/c10-16(13,14)8-3-9(12)11(5-8)4-7-1-2-15-6-7/h7-8H,1-6H2,(H2,10,13,14). The Hall–Kier alpha value is -0.660. The van der Waals surface area contributed by atoms with Crippen molar-refractivity contribution < 1.29 is 17.9 Å². The van der Waals surface area contributed by atoms with E-state index in [9.17, 15) is 13.2 Å². The molecule has 2 aliphatic heterocycles. The van der Waals surface area contributed by atoms with Gasteiger partial charge in [0.25, 0.3) is 0 Å². The minimum atomic E-state index is -3.60. The van der Waals surface area contributed by atoms with Gasteiger partial charge in [0.15, 0.2) is 0 Å². The predicted molar refractivity (Wildman–Crippen MR) is 57.0 cm³/mol. The molecular weight excluding hydrogens is 232 g/mol. The number of likely N-dealkylation sites (tertiary alicyclic amines) is 1. The third-order valence-corrected chi connectivity index (χ3v) is 4.39. The van der Waals surface area contributed by atoms with Gasteiger partial charge in [-0.3, -0.25) is 4.79 Å². The van der Waals surface area contributed by atoms with Gasteiger partial charge in [0.1, 0.15) is 5.25 Å². The van der Waals surface area contributed by atoms with E-state index in [0.29, 0.717) is 19.1 Å². The third kappa shape index (κ3) is 2.53. The van der Waals surface area contributed by atoms with E-state index in [1.54, 1.807) is 4.90 Å². The molecule has 2 atom stereocenters. The molecule has 0 saturated carbocycles. The summed E-state index contributed by atoms with van der Waals surface area (Å²) in [6.07, 6.45) is 0.955. The number of nitrogens with two attached hydrogens (primary N) is 1. The molecule has 2 fully saturated rings. The fraction of sp³-hybridized carbons (Fsp3) is 0.889. The van der Waals surface area contributed by atoms with Crippen molar-refractivity contribution in [2.75, 3.05) is 26.3 Å². The summed E-state index contributed by atoms with van der Waals surface area (Å²) in [4.78, 5) is 13.2. The van der Waals surface area contributed by atoms with E-state index in [4.69, 9.17) is 9.88 Å². The number of carbonyl (C=O) groups is 1. The fourth-order valence-electron chi connectivity index (χ4n) is 2.17. The number of sulfonamides is 1. The first-order valence-electron chi connectivity index (χ1n) is 5.34. The molecule has 0 aromatic rings. The summed E-state index contributed by atoms with van der Waals surface area (Å²) in [7, 11) is -3.60. The Labute approximate surface area is 94.8 Å². The van der Waals surface area contributed by atoms with Crippen LogP contribution in [0.15, 0.2) is 0 Å². The van der Waals surface area contributed by atoms with Crippen molar-refractivity contribution in [3.63, 3.8) is 0 Å². The van der Waals surface area contributed by atoms with Gasteiger partial charge in [-0.25, -0.2) is 13.6 Å². The number of hydrogen-bond donors (Lipinski definition) is 1. The van der Waals surface area contributed by atoms with E-state index in [1.165, 1.54) is 0 Å². The number of carbonyl (C=O) groups excluding carboxylic acids is 1. The second-order valence-electron chi connectivity index (χ2n) is 4.44. The van der Waals surface area contributed by atoms with Gasteiger partial charge in [-0.15, -0.1) is 0 Å². The zero-order valence-corrected chi connectivity index (χ0v) is 9.78. The van der Waals surface area contributed by atoms with Crippen LogP contribution in [0.3, 0.4) is 0 Å². The van der Waals surface area contributed by atoms with Crippen LogP contribution in [-0.2, 0) is 19.6 Å². The number of ether oxygens (including phenoxy) is 1.